The standard InChI is InChI=1S/C11H8ClN3O/c12-9-2-1-3-10(14-9)15-11(16)8-4-6-13-7-5-8/h1-7H,(H,14,15,16). The van der Waals surface area contributed by atoms with Crippen LogP contribution in [0.15, 0.2) is 42.7 Å². The van der Waals surface area contributed by atoms with Gasteiger partial charge in [0.1, 0.15) is 11.0 Å². The largest absolute Gasteiger partial charge is 0.307 e. The highest BCUT2D eigenvalue weighted by atomic mass is 35.5. The maximum Gasteiger partial charge on any atom is 0.256 e. The molecule has 1 N–H and O–H groups in total. The third-order valence-corrected chi connectivity index (χ3v) is 2.11. The Balaban J connectivity index is 2.14. The average molecular weight is 234 g/mol. The summed E-state index contributed by atoms with van der Waals surface area (Å²) in [5.41, 5.74) is 0.525. The Hall–Kier alpha value is -1.94. The lowest BCUT2D eigenvalue weighted by Gasteiger charge is -2.03. The summed E-state index contributed by atoms with van der Waals surface area (Å²) < 4.78 is 0. The third-order valence-electron chi connectivity index (χ3n) is 1.90. The molecule has 0 fully saturated rings. The van der Waals surface area contributed by atoms with Crippen molar-refractivity contribution >= 4 is 23.3 Å². The zero-order chi connectivity index (χ0) is 11.4. The van der Waals surface area contributed by atoms with E-state index in [-0.39, 0.29) is 5.91 Å². The second-order valence-electron chi connectivity index (χ2n) is 3.04. The molecule has 80 valence electrons. The number of halogens is 1. The molecule has 0 spiro atoms. The van der Waals surface area contributed by atoms with Crippen molar-refractivity contribution in [1.82, 2.24) is 9.97 Å². The number of hydrogen-bond donors (Lipinski definition) is 1. The van der Waals surface area contributed by atoms with Crippen LogP contribution in [-0.2, 0) is 0 Å². The average Bonchev–Trinajstić information content (AvgIpc) is 2.30. The number of pyridine rings is 2. The first-order chi connectivity index (χ1) is 7.75. The van der Waals surface area contributed by atoms with Crippen molar-refractivity contribution < 1.29 is 4.79 Å². The maximum absolute atomic E-state index is 11.7. The van der Waals surface area contributed by atoms with Gasteiger partial charge in [0.2, 0.25) is 0 Å². The van der Waals surface area contributed by atoms with E-state index in [9.17, 15) is 4.79 Å². The zero-order valence-corrected chi connectivity index (χ0v) is 8.98. The van der Waals surface area contributed by atoms with Crippen molar-refractivity contribution in [1.29, 1.82) is 0 Å². The molecule has 5 heteroatoms. The van der Waals surface area contributed by atoms with Crippen molar-refractivity contribution in [3.8, 4) is 0 Å². The lowest BCUT2D eigenvalue weighted by atomic mass is 10.2. The van der Waals surface area contributed by atoms with Gasteiger partial charge in [0.25, 0.3) is 5.91 Å². The number of nitrogens with zero attached hydrogens (tertiary/aromatic N) is 2. The highest BCUT2D eigenvalue weighted by Gasteiger charge is 2.05. The van der Waals surface area contributed by atoms with Gasteiger partial charge >= 0.3 is 0 Å². The molecular formula is C11H8ClN3O. The summed E-state index contributed by atoms with van der Waals surface area (Å²) in [5.74, 6) is 0.187. The highest BCUT2D eigenvalue weighted by Crippen LogP contribution is 2.10. The highest BCUT2D eigenvalue weighted by molar-refractivity contribution is 6.29. The molecule has 16 heavy (non-hydrogen) atoms. The molecule has 0 aliphatic heterocycles. The van der Waals surface area contributed by atoms with E-state index in [1.165, 1.54) is 0 Å². The zero-order valence-electron chi connectivity index (χ0n) is 8.22. The minimum Gasteiger partial charge on any atom is -0.307 e. The Kier molecular flexibility index (Phi) is 3.12. The topological polar surface area (TPSA) is 54.9 Å². The molecule has 0 unspecified atom stereocenters. The van der Waals surface area contributed by atoms with Gasteiger partial charge < -0.3 is 5.32 Å². The van der Waals surface area contributed by atoms with E-state index >= 15 is 0 Å². The molecule has 2 rings (SSSR count). The summed E-state index contributed by atoms with van der Waals surface area (Å²) in [6, 6.07) is 8.28. The first kappa shape index (κ1) is 10.6. The smallest absolute Gasteiger partial charge is 0.256 e. The fourth-order valence-corrected chi connectivity index (χ4v) is 1.33. The van der Waals surface area contributed by atoms with Crippen LogP contribution in [0.3, 0.4) is 0 Å². The van der Waals surface area contributed by atoms with Gasteiger partial charge in [0.15, 0.2) is 0 Å². The number of hydrogen-bond acceptors (Lipinski definition) is 3. The number of aromatic nitrogens is 2. The van der Waals surface area contributed by atoms with Crippen molar-refractivity contribution in [2.24, 2.45) is 0 Å². The van der Waals surface area contributed by atoms with Crippen LogP contribution in [0.4, 0.5) is 5.82 Å². The Morgan fingerprint density at radius 2 is 1.94 bits per heavy atom. The molecule has 0 atom stereocenters. The number of anilines is 1. The molecule has 0 aliphatic rings. The number of nitrogens with one attached hydrogen (secondary N) is 1. The van der Waals surface area contributed by atoms with Crippen LogP contribution in [0.2, 0.25) is 5.15 Å². The predicted octanol–water partition coefficient (Wildman–Crippen LogP) is 2.38. The lowest BCUT2D eigenvalue weighted by molar-refractivity contribution is 0.102. The Morgan fingerprint density at radius 3 is 2.62 bits per heavy atom. The molecule has 2 aromatic heterocycles. The summed E-state index contributed by atoms with van der Waals surface area (Å²) >= 11 is 5.70. The second-order valence-corrected chi connectivity index (χ2v) is 3.42. The first-order valence-corrected chi connectivity index (χ1v) is 4.97. The van der Waals surface area contributed by atoms with Gasteiger partial charge in [-0.2, -0.15) is 0 Å². The van der Waals surface area contributed by atoms with Gasteiger partial charge in [-0.15, -0.1) is 0 Å². The summed E-state index contributed by atoms with van der Waals surface area (Å²) in [5, 5.41) is 2.98. The SMILES string of the molecule is O=C(Nc1cccc(Cl)n1)c1ccncc1. The van der Waals surface area contributed by atoms with Crippen molar-refractivity contribution in [2.75, 3.05) is 5.32 Å². The van der Waals surface area contributed by atoms with Crippen molar-refractivity contribution in [3.05, 3.63) is 53.4 Å². The summed E-state index contributed by atoms with van der Waals surface area (Å²) in [6.45, 7) is 0. The van der Waals surface area contributed by atoms with Gasteiger partial charge in [0.05, 0.1) is 0 Å². The second kappa shape index (κ2) is 4.72. The maximum atomic E-state index is 11.7. The van der Waals surface area contributed by atoms with E-state index in [2.05, 4.69) is 15.3 Å². The van der Waals surface area contributed by atoms with Crippen LogP contribution in [0.25, 0.3) is 0 Å². The molecule has 2 heterocycles. The summed E-state index contributed by atoms with van der Waals surface area (Å²) in [4.78, 5) is 19.5. The monoisotopic (exact) mass is 233 g/mol. The van der Waals surface area contributed by atoms with Gasteiger partial charge in [-0.05, 0) is 24.3 Å². The van der Waals surface area contributed by atoms with Crippen LogP contribution in [0.1, 0.15) is 10.4 Å². The van der Waals surface area contributed by atoms with Crippen LogP contribution in [-0.4, -0.2) is 15.9 Å². The van der Waals surface area contributed by atoms with E-state index in [0.29, 0.717) is 16.5 Å². The Labute approximate surface area is 97.3 Å². The Morgan fingerprint density at radius 1 is 1.19 bits per heavy atom. The molecule has 0 saturated heterocycles. The number of amides is 1. The van der Waals surface area contributed by atoms with Crippen LogP contribution in [0, 0.1) is 0 Å². The fraction of sp³-hybridized carbons (Fsp3) is 0. The molecule has 0 aliphatic carbocycles. The fourth-order valence-electron chi connectivity index (χ4n) is 1.17. The molecule has 2 aromatic rings. The first-order valence-electron chi connectivity index (χ1n) is 4.59. The van der Waals surface area contributed by atoms with Crippen molar-refractivity contribution in [2.45, 2.75) is 0 Å². The van der Waals surface area contributed by atoms with Crippen molar-refractivity contribution in [3.63, 3.8) is 0 Å². The quantitative estimate of drug-likeness (QED) is 0.811. The van der Waals surface area contributed by atoms with Gasteiger partial charge in [-0.25, -0.2) is 4.98 Å². The minimum absolute atomic E-state index is 0.239. The van der Waals surface area contributed by atoms with E-state index < -0.39 is 0 Å². The predicted molar refractivity (Wildman–Crippen MR) is 61.4 cm³/mol. The van der Waals surface area contributed by atoms with Crippen LogP contribution in [0.5, 0.6) is 0 Å². The molecular weight excluding hydrogens is 226 g/mol. The van der Waals surface area contributed by atoms with E-state index in [1.54, 1.807) is 42.7 Å². The molecule has 4 nitrogen and oxygen atoms in total. The van der Waals surface area contributed by atoms with Gasteiger partial charge in [0, 0.05) is 18.0 Å². The minimum atomic E-state index is -0.239. The number of rotatable bonds is 2. The molecule has 0 aromatic carbocycles. The summed E-state index contributed by atoms with van der Waals surface area (Å²) in [6.07, 6.45) is 3.11. The van der Waals surface area contributed by atoms with Crippen LogP contribution < -0.4 is 5.32 Å². The molecule has 1 amide bonds. The lowest BCUT2D eigenvalue weighted by Crippen LogP contribution is -2.12. The van der Waals surface area contributed by atoms with Gasteiger partial charge in [-0.1, -0.05) is 17.7 Å². The van der Waals surface area contributed by atoms with Gasteiger partial charge in [-0.3, -0.25) is 9.78 Å². The molecule has 0 saturated carbocycles. The molecule has 0 bridgehead atoms. The van der Waals surface area contributed by atoms with E-state index in [1.807, 2.05) is 0 Å². The summed E-state index contributed by atoms with van der Waals surface area (Å²) in [7, 11) is 0. The number of carbonyl (C=O) groups excluding carboxylic acids is 1. The third kappa shape index (κ3) is 2.55. The van der Waals surface area contributed by atoms with E-state index in [4.69, 9.17) is 11.6 Å². The van der Waals surface area contributed by atoms with Crippen LogP contribution >= 0.6 is 11.6 Å². The molecule has 0 radical (unpaired) electrons. The normalized spacial score (nSPS) is 9.81. The van der Waals surface area contributed by atoms with E-state index in [0.717, 1.165) is 0 Å². The Bertz CT molecular complexity index is 502. The number of carbonyl (C=O) groups is 1.